The number of ether oxygens (including phenoxy) is 1. The average Bonchev–Trinajstić information content (AvgIpc) is 2.90. The molecule has 0 saturated carbocycles. The summed E-state index contributed by atoms with van der Waals surface area (Å²) in [5, 5.41) is 11.1. The van der Waals surface area contributed by atoms with Crippen molar-refractivity contribution in [3.05, 3.63) is 64.6 Å². The fourth-order valence-electron chi connectivity index (χ4n) is 2.56. The number of amides is 1. The molecule has 1 heterocycles. The summed E-state index contributed by atoms with van der Waals surface area (Å²) in [6.45, 7) is 3.86. The summed E-state index contributed by atoms with van der Waals surface area (Å²) in [6.07, 6.45) is 1.74. The smallest absolute Gasteiger partial charge is 0.270 e. The predicted molar refractivity (Wildman–Crippen MR) is 109 cm³/mol. The van der Waals surface area contributed by atoms with E-state index in [1.54, 1.807) is 18.2 Å². The van der Waals surface area contributed by atoms with Gasteiger partial charge in [-0.05, 0) is 43.7 Å². The highest BCUT2D eigenvalue weighted by molar-refractivity contribution is 8.27. The molecular formula is C20H16NO4S2-. The Labute approximate surface area is 166 Å². The Morgan fingerprint density at radius 3 is 2.67 bits per heavy atom. The van der Waals surface area contributed by atoms with Gasteiger partial charge in [-0.1, -0.05) is 54.3 Å². The van der Waals surface area contributed by atoms with E-state index in [1.165, 1.54) is 17.0 Å². The van der Waals surface area contributed by atoms with Crippen LogP contribution in [0.25, 0.3) is 6.08 Å². The number of anilines is 1. The Balaban J connectivity index is 1.94. The molecule has 1 fully saturated rings. The van der Waals surface area contributed by atoms with Gasteiger partial charge in [0.25, 0.3) is 5.91 Å². The van der Waals surface area contributed by atoms with Crippen molar-refractivity contribution in [2.24, 2.45) is 0 Å². The second kappa shape index (κ2) is 7.94. The first kappa shape index (κ1) is 19.1. The van der Waals surface area contributed by atoms with Crippen molar-refractivity contribution in [2.75, 3.05) is 4.90 Å². The first-order chi connectivity index (χ1) is 12.9. The van der Waals surface area contributed by atoms with Gasteiger partial charge in [0.05, 0.1) is 22.7 Å². The van der Waals surface area contributed by atoms with Crippen molar-refractivity contribution in [1.29, 1.82) is 0 Å². The molecule has 3 rings (SSSR count). The molecule has 2 aromatic rings. The maximum atomic E-state index is 12.9. The van der Waals surface area contributed by atoms with Gasteiger partial charge in [0.2, 0.25) is 0 Å². The number of aromatic carboxylic acids is 1. The van der Waals surface area contributed by atoms with Crippen LogP contribution in [0.1, 0.15) is 29.8 Å². The second-order valence-electron chi connectivity index (χ2n) is 6.06. The molecule has 2 aromatic carbocycles. The van der Waals surface area contributed by atoms with Crippen molar-refractivity contribution < 1.29 is 19.4 Å². The Kier molecular flexibility index (Phi) is 5.62. The molecular weight excluding hydrogens is 382 g/mol. The molecule has 0 aliphatic carbocycles. The zero-order valence-corrected chi connectivity index (χ0v) is 16.3. The zero-order valence-electron chi connectivity index (χ0n) is 14.7. The fraction of sp³-hybridized carbons (Fsp3) is 0.150. The highest BCUT2D eigenvalue weighted by atomic mass is 32.2. The van der Waals surface area contributed by atoms with Crippen LogP contribution in [0.3, 0.4) is 0 Å². The van der Waals surface area contributed by atoms with Gasteiger partial charge in [-0.3, -0.25) is 9.69 Å². The number of thioether (sulfide) groups is 1. The van der Waals surface area contributed by atoms with Crippen LogP contribution in [-0.4, -0.2) is 22.3 Å². The molecule has 1 saturated heterocycles. The Bertz CT molecular complexity index is 953. The number of carboxylic acids is 1. The minimum absolute atomic E-state index is 0.00132. The molecule has 5 nitrogen and oxygen atoms in total. The maximum absolute atomic E-state index is 12.9. The van der Waals surface area contributed by atoms with Crippen molar-refractivity contribution in [3.63, 3.8) is 0 Å². The topological polar surface area (TPSA) is 69.7 Å². The molecule has 0 spiro atoms. The molecule has 138 valence electrons. The number of nitrogens with zero attached hydrogens (tertiary/aromatic N) is 1. The van der Waals surface area contributed by atoms with Crippen LogP contribution in [0.5, 0.6) is 5.75 Å². The third kappa shape index (κ3) is 4.20. The number of hydrogen-bond acceptors (Lipinski definition) is 6. The molecule has 0 radical (unpaired) electrons. The molecule has 1 aliphatic heterocycles. The zero-order chi connectivity index (χ0) is 19.6. The summed E-state index contributed by atoms with van der Waals surface area (Å²) in [7, 11) is 0. The lowest BCUT2D eigenvalue weighted by molar-refractivity contribution is -0.255. The van der Waals surface area contributed by atoms with Gasteiger partial charge in [0.1, 0.15) is 5.75 Å². The first-order valence-corrected chi connectivity index (χ1v) is 9.44. The minimum Gasteiger partial charge on any atom is -0.545 e. The van der Waals surface area contributed by atoms with Crippen LogP contribution in [0.4, 0.5) is 5.69 Å². The van der Waals surface area contributed by atoms with Crippen LogP contribution in [0.2, 0.25) is 0 Å². The first-order valence-electron chi connectivity index (χ1n) is 8.22. The highest BCUT2D eigenvalue weighted by Crippen LogP contribution is 2.37. The number of carboxylic acid groups (broad SMARTS) is 1. The normalized spacial score (nSPS) is 15.7. The lowest BCUT2D eigenvalue weighted by Gasteiger charge is -2.16. The van der Waals surface area contributed by atoms with Crippen molar-refractivity contribution in [2.45, 2.75) is 20.0 Å². The average molecular weight is 398 g/mol. The fourth-order valence-corrected chi connectivity index (χ4v) is 3.85. The molecule has 0 unspecified atom stereocenters. The second-order valence-corrected chi connectivity index (χ2v) is 7.74. The van der Waals surface area contributed by atoms with E-state index in [9.17, 15) is 14.7 Å². The monoisotopic (exact) mass is 398 g/mol. The van der Waals surface area contributed by atoms with E-state index < -0.39 is 5.97 Å². The summed E-state index contributed by atoms with van der Waals surface area (Å²) in [5.74, 6) is -0.936. The standard InChI is InChI=1S/C20H17NO4S2/c1-12(2)25-16-9-4-3-6-13(16)11-17-18(22)21(20(26)27-17)15-8-5-7-14(10-15)19(23)24/h3-12H,1-2H3,(H,23,24)/p-1/b17-11+. The Morgan fingerprint density at radius 2 is 1.96 bits per heavy atom. The van der Waals surface area contributed by atoms with E-state index in [1.807, 2.05) is 38.1 Å². The minimum atomic E-state index is -1.31. The van der Waals surface area contributed by atoms with Crippen molar-refractivity contribution in [1.82, 2.24) is 0 Å². The molecule has 7 heteroatoms. The van der Waals surface area contributed by atoms with Crippen LogP contribution in [0, 0.1) is 0 Å². The van der Waals surface area contributed by atoms with Crippen LogP contribution in [-0.2, 0) is 4.79 Å². The van der Waals surface area contributed by atoms with Crippen LogP contribution in [0.15, 0.2) is 53.4 Å². The molecule has 1 aliphatic rings. The highest BCUT2D eigenvalue weighted by Gasteiger charge is 2.33. The van der Waals surface area contributed by atoms with Gasteiger partial charge < -0.3 is 14.6 Å². The number of hydrogen-bond donors (Lipinski definition) is 0. The lowest BCUT2D eigenvalue weighted by Crippen LogP contribution is -2.28. The number of carbonyl (C=O) groups excluding carboxylic acids is 2. The molecule has 0 aromatic heterocycles. The Hall–Kier alpha value is -2.64. The number of carbonyl (C=O) groups is 2. The van der Waals surface area contributed by atoms with E-state index in [2.05, 4.69) is 0 Å². The number of benzene rings is 2. The summed E-state index contributed by atoms with van der Waals surface area (Å²) >= 11 is 6.50. The number of thiocarbonyl (C=S) groups is 1. The SMILES string of the molecule is CC(C)Oc1ccccc1/C=C1/SC(=S)N(c2cccc(C(=O)[O-])c2)C1=O. The Morgan fingerprint density at radius 1 is 1.22 bits per heavy atom. The third-order valence-electron chi connectivity index (χ3n) is 3.70. The largest absolute Gasteiger partial charge is 0.545 e. The van der Waals surface area contributed by atoms with E-state index in [0.717, 1.165) is 17.3 Å². The van der Waals surface area contributed by atoms with Gasteiger partial charge in [0, 0.05) is 5.56 Å². The van der Waals surface area contributed by atoms with Gasteiger partial charge in [-0.2, -0.15) is 0 Å². The van der Waals surface area contributed by atoms with Gasteiger partial charge in [0.15, 0.2) is 4.32 Å². The summed E-state index contributed by atoms with van der Waals surface area (Å²) in [5.41, 5.74) is 1.16. The quantitative estimate of drug-likeness (QED) is 0.569. The van der Waals surface area contributed by atoms with Gasteiger partial charge >= 0.3 is 0 Å². The third-order valence-corrected chi connectivity index (χ3v) is 5.00. The van der Waals surface area contributed by atoms with Crippen molar-refractivity contribution in [3.8, 4) is 5.75 Å². The van der Waals surface area contributed by atoms with E-state index in [-0.39, 0.29) is 17.6 Å². The summed E-state index contributed by atoms with van der Waals surface area (Å²) in [4.78, 5) is 25.7. The lowest BCUT2D eigenvalue weighted by atomic mass is 10.1. The predicted octanol–water partition coefficient (Wildman–Crippen LogP) is 3.24. The van der Waals surface area contributed by atoms with Crippen LogP contribution < -0.4 is 14.7 Å². The molecule has 1 amide bonds. The number of para-hydroxylation sites is 1. The van der Waals surface area contributed by atoms with E-state index >= 15 is 0 Å². The summed E-state index contributed by atoms with van der Waals surface area (Å²) < 4.78 is 6.12. The molecule has 0 bridgehead atoms. The van der Waals surface area contributed by atoms with E-state index in [4.69, 9.17) is 17.0 Å². The van der Waals surface area contributed by atoms with Crippen LogP contribution >= 0.6 is 24.0 Å². The molecule has 27 heavy (non-hydrogen) atoms. The summed E-state index contributed by atoms with van der Waals surface area (Å²) in [6, 6.07) is 13.4. The molecule has 0 N–H and O–H groups in total. The van der Waals surface area contributed by atoms with Crippen molar-refractivity contribution >= 4 is 51.9 Å². The number of rotatable bonds is 5. The maximum Gasteiger partial charge on any atom is 0.270 e. The van der Waals surface area contributed by atoms with E-state index in [0.29, 0.717) is 20.7 Å². The van der Waals surface area contributed by atoms with Gasteiger partial charge in [-0.25, -0.2) is 0 Å². The molecule has 0 atom stereocenters. The van der Waals surface area contributed by atoms with Gasteiger partial charge in [-0.15, -0.1) is 0 Å².